The number of hydrogen-bond donors (Lipinski definition) is 2. The number of anilines is 1. The molecule has 1 aliphatic rings. The van der Waals surface area contributed by atoms with Gasteiger partial charge in [0, 0.05) is 31.5 Å². The third kappa shape index (κ3) is 8.04. The molecule has 0 fully saturated rings. The maximum Gasteiger partial charge on any atom is 0.243 e. The number of rotatable bonds is 11. The highest BCUT2D eigenvalue weighted by Gasteiger charge is 2.32. The Hall–Kier alpha value is -1.73. The summed E-state index contributed by atoms with van der Waals surface area (Å²) in [7, 11) is 1.95. The third-order valence-electron chi connectivity index (χ3n) is 5.65. The Morgan fingerprint density at radius 2 is 1.97 bits per heavy atom. The van der Waals surface area contributed by atoms with Crippen LogP contribution < -0.4 is 15.0 Å². The lowest BCUT2D eigenvalue weighted by Gasteiger charge is -2.37. The molecule has 6 nitrogen and oxygen atoms in total. The summed E-state index contributed by atoms with van der Waals surface area (Å²) in [6.45, 7) is 6.28. The van der Waals surface area contributed by atoms with Crippen LogP contribution in [0.25, 0.3) is 0 Å². The number of likely N-dealkylation sites (N-methyl/N-ethyl adjacent to an activating group) is 1. The highest BCUT2D eigenvalue weighted by molar-refractivity contribution is 8.13. The van der Waals surface area contributed by atoms with Gasteiger partial charge in [-0.2, -0.15) is 0 Å². The van der Waals surface area contributed by atoms with Gasteiger partial charge in [-0.3, -0.25) is 9.59 Å². The van der Waals surface area contributed by atoms with Crippen molar-refractivity contribution >= 4 is 28.5 Å². The van der Waals surface area contributed by atoms with Gasteiger partial charge in [-0.1, -0.05) is 50.9 Å². The predicted molar refractivity (Wildman–Crippen MR) is 128 cm³/mol. The van der Waals surface area contributed by atoms with E-state index in [4.69, 9.17) is 4.74 Å². The summed E-state index contributed by atoms with van der Waals surface area (Å²) < 4.78 is 6.00. The van der Waals surface area contributed by atoms with Crippen LogP contribution in [0.1, 0.15) is 58.4 Å². The number of benzene rings is 1. The molecule has 2 rings (SSSR count). The van der Waals surface area contributed by atoms with Crippen molar-refractivity contribution in [2.45, 2.75) is 71.4 Å². The number of nitrogens with zero attached hydrogens (tertiary/aromatic N) is 1. The number of unbranched alkanes of at least 4 members (excludes halogenated alkanes) is 4. The molecule has 1 amide bonds. The van der Waals surface area contributed by atoms with E-state index >= 15 is 0 Å². The van der Waals surface area contributed by atoms with Gasteiger partial charge in [-0.25, -0.2) is 0 Å². The fraction of sp³-hybridized carbons (Fsp3) is 0.667. The number of fused-ring (bicyclic) bond motifs is 1. The molecule has 0 unspecified atom stereocenters. The largest absolute Gasteiger partial charge is 0.494 e. The Labute approximate surface area is 191 Å². The lowest BCUT2D eigenvalue weighted by atomic mass is 9.95. The number of amides is 1. The fourth-order valence-corrected chi connectivity index (χ4v) is 4.70. The normalized spacial score (nSPS) is 18.9. The van der Waals surface area contributed by atoms with Crippen LogP contribution in [0.4, 0.5) is 5.69 Å². The summed E-state index contributed by atoms with van der Waals surface area (Å²) in [5, 5.41) is 12.9. The number of aliphatic hydroxyl groups is 1. The summed E-state index contributed by atoms with van der Waals surface area (Å²) in [5.74, 6) is 1.82. The van der Waals surface area contributed by atoms with Crippen LogP contribution in [-0.4, -0.2) is 54.2 Å². The maximum absolute atomic E-state index is 12.7. The first-order valence-electron chi connectivity index (χ1n) is 11.4. The van der Waals surface area contributed by atoms with Crippen molar-refractivity contribution in [3.63, 3.8) is 0 Å². The molecule has 0 aromatic heterocycles. The van der Waals surface area contributed by atoms with Crippen LogP contribution >= 0.6 is 11.8 Å². The van der Waals surface area contributed by atoms with Crippen molar-refractivity contribution in [3.8, 4) is 5.75 Å². The van der Waals surface area contributed by atoms with Gasteiger partial charge in [-0.05, 0) is 36.8 Å². The highest BCUT2D eigenvalue weighted by atomic mass is 32.2. The predicted octanol–water partition coefficient (Wildman–Crippen LogP) is 3.79. The number of hydrogen-bond acceptors (Lipinski definition) is 6. The molecule has 7 heteroatoms. The van der Waals surface area contributed by atoms with E-state index in [0.717, 1.165) is 54.9 Å². The van der Waals surface area contributed by atoms with Gasteiger partial charge in [0.05, 0.1) is 19.3 Å². The van der Waals surface area contributed by atoms with Crippen molar-refractivity contribution in [1.29, 1.82) is 0 Å². The molecule has 1 aromatic carbocycles. The van der Waals surface area contributed by atoms with Crippen molar-refractivity contribution < 1.29 is 19.4 Å². The highest BCUT2D eigenvalue weighted by Crippen LogP contribution is 2.31. The van der Waals surface area contributed by atoms with Gasteiger partial charge in [0.15, 0.2) is 5.12 Å². The van der Waals surface area contributed by atoms with Gasteiger partial charge in [0.2, 0.25) is 5.91 Å². The minimum atomic E-state index is -0.301. The van der Waals surface area contributed by atoms with E-state index in [-0.39, 0.29) is 35.6 Å². The van der Waals surface area contributed by atoms with Gasteiger partial charge in [0.25, 0.3) is 0 Å². The minimum Gasteiger partial charge on any atom is -0.494 e. The molecule has 0 spiro atoms. The van der Waals surface area contributed by atoms with Crippen molar-refractivity contribution in [3.05, 3.63) is 23.8 Å². The number of carbonyl (C=O) groups excluding carboxylic acids is 2. The Morgan fingerprint density at radius 1 is 1.26 bits per heavy atom. The van der Waals surface area contributed by atoms with Crippen LogP contribution in [-0.2, 0) is 16.0 Å². The smallest absolute Gasteiger partial charge is 0.243 e. The topological polar surface area (TPSA) is 78.9 Å². The molecule has 2 N–H and O–H groups in total. The van der Waals surface area contributed by atoms with E-state index < -0.39 is 0 Å². The van der Waals surface area contributed by atoms with Crippen LogP contribution in [0.2, 0.25) is 0 Å². The second kappa shape index (κ2) is 13.0. The van der Waals surface area contributed by atoms with Gasteiger partial charge in [-0.15, -0.1) is 0 Å². The van der Waals surface area contributed by atoms with Crippen molar-refractivity contribution in [1.82, 2.24) is 5.32 Å². The maximum atomic E-state index is 12.7. The van der Waals surface area contributed by atoms with Crippen LogP contribution in [0.15, 0.2) is 18.2 Å². The number of ether oxygens (including phenoxy) is 1. The Morgan fingerprint density at radius 3 is 2.65 bits per heavy atom. The van der Waals surface area contributed by atoms with Gasteiger partial charge >= 0.3 is 0 Å². The molecule has 1 heterocycles. The molecule has 1 aliphatic heterocycles. The van der Waals surface area contributed by atoms with E-state index in [2.05, 4.69) is 5.32 Å². The van der Waals surface area contributed by atoms with Crippen LogP contribution in [0, 0.1) is 5.92 Å². The van der Waals surface area contributed by atoms with Gasteiger partial charge < -0.3 is 20.1 Å². The molecular weight excluding hydrogens is 412 g/mol. The molecule has 0 bridgehead atoms. The SMILES string of the molecule is CC(=O)SCCCCCCCOc1ccc2c(c1)N(C)[C@@H](C(C)C)C(=O)N[C@H](CO)C2. The van der Waals surface area contributed by atoms with E-state index in [1.165, 1.54) is 11.8 Å². The number of thioether (sulfide) groups is 1. The van der Waals surface area contributed by atoms with E-state index in [1.807, 2.05) is 44.0 Å². The quantitative estimate of drug-likeness (QED) is 0.500. The lowest BCUT2D eigenvalue weighted by molar-refractivity contribution is -0.124. The number of carbonyl (C=O) groups is 2. The summed E-state index contributed by atoms with van der Waals surface area (Å²) in [6.07, 6.45) is 6.09. The second-order valence-corrected chi connectivity index (χ2v) is 9.91. The number of nitrogens with one attached hydrogen (secondary N) is 1. The molecule has 0 radical (unpaired) electrons. The molecule has 2 atom stereocenters. The van der Waals surface area contributed by atoms with Crippen LogP contribution in [0.3, 0.4) is 0 Å². The van der Waals surface area contributed by atoms with Gasteiger partial charge in [0.1, 0.15) is 11.8 Å². The first-order valence-corrected chi connectivity index (χ1v) is 12.3. The van der Waals surface area contributed by atoms with E-state index in [9.17, 15) is 14.7 Å². The summed E-state index contributed by atoms with van der Waals surface area (Å²) in [4.78, 5) is 25.7. The molecular formula is C24H38N2O4S. The monoisotopic (exact) mass is 450 g/mol. The minimum absolute atomic E-state index is 0.0461. The standard InChI is InChI=1S/C24H38N2O4S/c1-17(2)23-24(29)25-20(16-27)14-19-10-11-21(15-22(19)26(23)4)30-12-8-6-5-7-9-13-31-18(3)28/h10-11,15,17,20,23,27H,5-9,12-14,16H2,1-4H3,(H,25,29)/t20-,23-/m0/s1. The summed E-state index contributed by atoms with van der Waals surface area (Å²) in [6, 6.07) is 5.47. The molecule has 0 saturated carbocycles. The molecule has 31 heavy (non-hydrogen) atoms. The van der Waals surface area contributed by atoms with E-state index in [1.54, 1.807) is 6.92 Å². The molecule has 0 saturated heterocycles. The molecule has 174 valence electrons. The average molecular weight is 451 g/mol. The zero-order valence-corrected chi connectivity index (χ0v) is 20.2. The van der Waals surface area contributed by atoms with E-state index in [0.29, 0.717) is 13.0 Å². The first-order chi connectivity index (χ1) is 14.8. The summed E-state index contributed by atoms with van der Waals surface area (Å²) >= 11 is 1.41. The second-order valence-electron chi connectivity index (χ2n) is 8.64. The van der Waals surface area contributed by atoms with Crippen LogP contribution in [0.5, 0.6) is 5.75 Å². The Bertz CT molecular complexity index is 726. The zero-order chi connectivity index (χ0) is 22.8. The Kier molecular flexibility index (Phi) is 10.7. The third-order valence-corrected chi connectivity index (χ3v) is 6.55. The first kappa shape index (κ1) is 25.5. The van der Waals surface area contributed by atoms with Crippen molar-refractivity contribution in [2.75, 3.05) is 30.9 Å². The molecule has 1 aromatic rings. The Balaban J connectivity index is 1.92. The fourth-order valence-electron chi connectivity index (χ4n) is 4.06. The lowest BCUT2D eigenvalue weighted by Crippen LogP contribution is -2.54. The average Bonchev–Trinajstić information content (AvgIpc) is 2.71. The number of aliphatic hydroxyl groups excluding tert-OH is 1. The zero-order valence-electron chi connectivity index (χ0n) is 19.4. The summed E-state index contributed by atoms with van der Waals surface area (Å²) in [5.41, 5.74) is 2.09. The van der Waals surface area contributed by atoms with Crippen molar-refractivity contribution in [2.24, 2.45) is 5.92 Å². The molecule has 0 aliphatic carbocycles.